The zero-order valence-corrected chi connectivity index (χ0v) is 10.2. The highest BCUT2D eigenvalue weighted by molar-refractivity contribution is 9.10. The Morgan fingerprint density at radius 3 is 2.44 bits per heavy atom. The van der Waals surface area contributed by atoms with Crippen molar-refractivity contribution in [2.45, 2.75) is 6.29 Å². The third-order valence-electron chi connectivity index (χ3n) is 2.78. The third-order valence-corrected chi connectivity index (χ3v) is 3.47. The molecule has 0 aliphatic carbocycles. The molecule has 1 heterocycles. The molecule has 0 radical (unpaired) electrons. The second kappa shape index (κ2) is 4.17. The molecule has 2 nitrogen and oxygen atoms in total. The Hall–Kier alpha value is -0.900. The van der Waals surface area contributed by atoms with Crippen LogP contribution in [0, 0.1) is 0 Å². The van der Waals surface area contributed by atoms with Gasteiger partial charge >= 0.3 is 0 Å². The van der Waals surface area contributed by atoms with E-state index in [2.05, 4.69) is 34.1 Å². The molecule has 0 amide bonds. The van der Waals surface area contributed by atoms with E-state index >= 15 is 0 Å². The Bertz CT molecular complexity index is 518. The van der Waals surface area contributed by atoms with Gasteiger partial charge in [-0.2, -0.15) is 0 Å². The van der Waals surface area contributed by atoms with Crippen LogP contribution in [0.4, 0.5) is 0 Å². The Balaban J connectivity index is 2.20. The summed E-state index contributed by atoms with van der Waals surface area (Å²) < 4.78 is 12.2. The lowest BCUT2D eigenvalue weighted by Gasteiger charge is -2.12. The predicted octanol–water partition coefficient (Wildman–Crippen LogP) is 3.65. The first-order valence-corrected chi connectivity index (χ1v) is 6.06. The van der Waals surface area contributed by atoms with Gasteiger partial charge in [0.05, 0.1) is 13.2 Å². The van der Waals surface area contributed by atoms with Crippen molar-refractivity contribution in [2.75, 3.05) is 13.2 Å². The lowest BCUT2D eigenvalue weighted by molar-refractivity contribution is -0.0430. The molecule has 3 heteroatoms. The fourth-order valence-corrected chi connectivity index (χ4v) is 2.54. The van der Waals surface area contributed by atoms with Gasteiger partial charge in [0.1, 0.15) is 0 Å². The molecule has 16 heavy (non-hydrogen) atoms. The molecule has 1 aliphatic heterocycles. The van der Waals surface area contributed by atoms with Crippen molar-refractivity contribution in [1.82, 2.24) is 0 Å². The average Bonchev–Trinajstić information content (AvgIpc) is 2.82. The molecule has 0 spiro atoms. The third kappa shape index (κ3) is 1.65. The largest absolute Gasteiger partial charge is 0.346 e. The van der Waals surface area contributed by atoms with Crippen LogP contribution < -0.4 is 0 Å². The first-order valence-electron chi connectivity index (χ1n) is 5.26. The lowest BCUT2D eigenvalue weighted by Crippen LogP contribution is -1.98. The van der Waals surface area contributed by atoms with Gasteiger partial charge in [-0.15, -0.1) is 0 Å². The lowest BCUT2D eigenvalue weighted by atomic mass is 10.0. The number of benzene rings is 2. The zero-order chi connectivity index (χ0) is 11.0. The Kier molecular flexibility index (Phi) is 2.67. The summed E-state index contributed by atoms with van der Waals surface area (Å²) >= 11 is 3.56. The first-order chi connectivity index (χ1) is 7.86. The second-order valence-electron chi connectivity index (χ2n) is 3.76. The molecule has 2 aromatic rings. The highest BCUT2D eigenvalue weighted by Gasteiger charge is 2.20. The van der Waals surface area contributed by atoms with Crippen LogP contribution in [0.2, 0.25) is 0 Å². The van der Waals surface area contributed by atoms with Crippen molar-refractivity contribution in [2.24, 2.45) is 0 Å². The zero-order valence-electron chi connectivity index (χ0n) is 8.65. The van der Waals surface area contributed by atoms with Crippen molar-refractivity contribution in [3.05, 3.63) is 46.4 Å². The molecule has 0 bridgehead atoms. The summed E-state index contributed by atoms with van der Waals surface area (Å²) in [5, 5.41) is 2.38. The summed E-state index contributed by atoms with van der Waals surface area (Å²) in [5.41, 5.74) is 1.11. The standard InChI is InChI=1S/C13H11BrO2/c14-12-6-2-3-9-10(12)4-1-5-11(9)13-15-7-8-16-13/h1-6,13H,7-8H2. The van der Waals surface area contributed by atoms with Crippen molar-refractivity contribution in [3.63, 3.8) is 0 Å². The number of rotatable bonds is 1. The van der Waals surface area contributed by atoms with Crippen molar-refractivity contribution in [3.8, 4) is 0 Å². The van der Waals surface area contributed by atoms with Crippen LogP contribution in [0.3, 0.4) is 0 Å². The van der Waals surface area contributed by atoms with Crippen molar-refractivity contribution in [1.29, 1.82) is 0 Å². The summed E-state index contributed by atoms with van der Waals surface area (Å²) in [4.78, 5) is 0. The Morgan fingerprint density at radius 1 is 0.938 bits per heavy atom. The maximum absolute atomic E-state index is 5.55. The molecule has 1 fully saturated rings. The molecule has 82 valence electrons. The van der Waals surface area contributed by atoms with Gasteiger partial charge in [-0.25, -0.2) is 0 Å². The highest BCUT2D eigenvalue weighted by atomic mass is 79.9. The van der Waals surface area contributed by atoms with Crippen LogP contribution in [-0.4, -0.2) is 13.2 Å². The van der Waals surface area contributed by atoms with Crippen LogP contribution in [0.25, 0.3) is 10.8 Å². The predicted molar refractivity (Wildman–Crippen MR) is 66.3 cm³/mol. The minimum absolute atomic E-state index is 0.210. The number of ether oxygens (including phenoxy) is 2. The quantitative estimate of drug-likeness (QED) is 0.793. The van der Waals surface area contributed by atoms with E-state index in [-0.39, 0.29) is 6.29 Å². The molecule has 2 aromatic carbocycles. The van der Waals surface area contributed by atoms with Gasteiger partial charge in [0.15, 0.2) is 6.29 Å². The maximum Gasteiger partial charge on any atom is 0.184 e. The number of hydrogen-bond donors (Lipinski definition) is 0. The summed E-state index contributed by atoms with van der Waals surface area (Å²) in [6.45, 7) is 1.35. The molecule has 0 unspecified atom stereocenters. The van der Waals surface area contributed by atoms with Gasteiger partial charge in [0.2, 0.25) is 0 Å². The van der Waals surface area contributed by atoms with Crippen LogP contribution in [0.5, 0.6) is 0 Å². The van der Waals surface area contributed by atoms with Crippen LogP contribution in [-0.2, 0) is 9.47 Å². The fraction of sp³-hybridized carbons (Fsp3) is 0.231. The molecular formula is C13H11BrO2. The van der Waals surface area contributed by atoms with Crippen LogP contribution >= 0.6 is 15.9 Å². The summed E-state index contributed by atoms with van der Waals surface area (Å²) in [6, 6.07) is 12.4. The van der Waals surface area contributed by atoms with E-state index in [0.717, 1.165) is 10.0 Å². The SMILES string of the molecule is Brc1cccc2c(C3OCCO3)cccc12. The topological polar surface area (TPSA) is 18.5 Å². The molecule has 1 saturated heterocycles. The Labute approximate surface area is 102 Å². The number of fused-ring (bicyclic) bond motifs is 1. The molecular weight excluding hydrogens is 268 g/mol. The van der Waals surface area contributed by atoms with Gasteiger partial charge in [0, 0.05) is 10.0 Å². The molecule has 1 aliphatic rings. The van der Waals surface area contributed by atoms with Crippen molar-refractivity contribution < 1.29 is 9.47 Å². The van der Waals surface area contributed by atoms with Crippen molar-refractivity contribution >= 4 is 26.7 Å². The molecule has 0 atom stereocenters. The number of hydrogen-bond acceptors (Lipinski definition) is 2. The minimum Gasteiger partial charge on any atom is -0.346 e. The van der Waals surface area contributed by atoms with Gasteiger partial charge in [0.25, 0.3) is 0 Å². The van der Waals surface area contributed by atoms with E-state index in [1.165, 1.54) is 10.8 Å². The summed E-state index contributed by atoms with van der Waals surface area (Å²) in [6.07, 6.45) is -0.210. The average molecular weight is 279 g/mol. The van der Waals surface area contributed by atoms with E-state index < -0.39 is 0 Å². The van der Waals surface area contributed by atoms with E-state index in [9.17, 15) is 0 Å². The molecule has 0 aromatic heterocycles. The van der Waals surface area contributed by atoms with Gasteiger partial charge < -0.3 is 9.47 Å². The smallest absolute Gasteiger partial charge is 0.184 e. The second-order valence-corrected chi connectivity index (χ2v) is 4.61. The van der Waals surface area contributed by atoms with E-state index in [4.69, 9.17) is 9.47 Å². The normalized spacial score (nSPS) is 17.1. The van der Waals surface area contributed by atoms with Gasteiger partial charge in [-0.1, -0.05) is 46.3 Å². The van der Waals surface area contributed by atoms with E-state index in [0.29, 0.717) is 13.2 Å². The minimum atomic E-state index is -0.210. The summed E-state index contributed by atoms with van der Waals surface area (Å²) in [5.74, 6) is 0. The molecule has 0 saturated carbocycles. The fourth-order valence-electron chi connectivity index (χ4n) is 2.04. The highest BCUT2D eigenvalue weighted by Crippen LogP contribution is 2.32. The summed E-state index contributed by atoms with van der Waals surface area (Å²) in [7, 11) is 0. The Morgan fingerprint density at radius 2 is 1.62 bits per heavy atom. The van der Waals surface area contributed by atoms with E-state index in [1.807, 2.05) is 18.2 Å². The van der Waals surface area contributed by atoms with Crippen LogP contribution in [0.15, 0.2) is 40.9 Å². The monoisotopic (exact) mass is 278 g/mol. The van der Waals surface area contributed by atoms with Crippen LogP contribution in [0.1, 0.15) is 11.9 Å². The van der Waals surface area contributed by atoms with Gasteiger partial charge in [-0.05, 0) is 16.8 Å². The first kappa shape index (κ1) is 10.3. The molecule has 3 rings (SSSR count). The van der Waals surface area contributed by atoms with E-state index in [1.54, 1.807) is 0 Å². The van der Waals surface area contributed by atoms with Gasteiger partial charge in [-0.3, -0.25) is 0 Å². The number of halogens is 1. The molecule has 0 N–H and O–H groups in total. The maximum atomic E-state index is 5.55.